The first-order valence-electron chi connectivity index (χ1n) is 8.09. The van der Waals surface area contributed by atoms with Gasteiger partial charge < -0.3 is 14.8 Å². The van der Waals surface area contributed by atoms with E-state index in [4.69, 9.17) is 32.7 Å². The Morgan fingerprint density at radius 2 is 1.88 bits per heavy atom. The summed E-state index contributed by atoms with van der Waals surface area (Å²) in [6.07, 6.45) is 2.33. The Labute approximate surface area is 153 Å². The molecule has 24 heavy (non-hydrogen) atoms. The molecule has 0 saturated carbocycles. The summed E-state index contributed by atoms with van der Waals surface area (Å²) in [5.41, 5.74) is 1.97. The molecule has 0 amide bonds. The number of nitrogens with one attached hydrogen (secondary N) is 1. The van der Waals surface area contributed by atoms with Crippen molar-refractivity contribution in [3.8, 4) is 11.5 Å². The van der Waals surface area contributed by atoms with Crippen molar-refractivity contribution < 1.29 is 9.47 Å². The topological polar surface area (TPSA) is 30.5 Å². The highest BCUT2D eigenvalue weighted by atomic mass is 35.5. The molecule has 2 aromatic rings. The van der Waals surface area contributed by atoms with Gasteiger partial charge in [0, 0.05) is 17.1 Å². The van der Waals surface area contributed by atoms with Crippen molar-refractivity contribution in [3.63, 3.8) is 0 Å². The first kappa shape index (κ1) is 18.9. The van der Waals surface area contributed by atoms with Crippen LogP contribution in [0.1, 0.15) is 30.9 Å². The van der Waals surface area contributed by atoms with Crippen molar-refractivity contribution in [3.05, 3.63) is 57.6 Å². The van der Waals surface area contributed by atoms with Gasteiger partial charge in [-0.05, 0) is 36.7 Å². The van der Waals surface area contributed by atoms with Crippen LogP contribution in [0.25, 0.3) is 0 Å². The van der Waals surface area contributed by atoms with E-state index in [9.17, 15) is 0 Å². The second kappa shape index (κ2) is 9.77. The number of hydrogen-bond acceptors (Lipinski definition) is 3. The first-order valence-corrected chi connectivity index (χ1v) is 8.84. The summed E-state index contributed by atoms with van der Waals surface area (Å²) in [5.74, 6) is 1.17. The van der Waals surface area contributed by atoms with E-state index in [1.165, 1.54) is 6.42 Å². The molecule has 0 atom stereocenters. The lowest BCUT2D eigenvalue weighted by Gasteiger charge is -2.15. The van der Waals surface area contributed by atoms with E-state index < -0.39 is 0 Å². The second-order valence-electron chi connectivity index (χ2n) is 5.52. The van der Waals surface area contributed by atoms with E-state index in [2.05, 4.69) is 12.2 Å². The summed E-state index contributed by atoms with van der Waals surface area (Å²) in [6.45, 7) is 4.25. The van der Waals surface area contributed by atoms with Crippen molar-refractivity contribution in [2.24, 2.45) is 0 Å². The Kier molecular flexibility index (Phi) is 7.70. The molecule has 0 aliphatic carbocycles. The number of halogens is 2. The summed E-state index contributed by atoms with van der Waals surface area (Å²) < 4.78 is 11.3. The van der Waals surface area contributed by atoms with Crippen molar-refractivity contribution in [1.82, 2.24) is 5.32 Å². The summed E-state index contributed by atoms with van der Waals surface area (Å²) in [5, 5.41) is 4.60. The van der Waals surface area contributed by atoms with Crippen LogP contribution in [0.15, 0.2) is 36.4 Å². The molecular weight excluding hydrogens is 345 g/mol. The van der Waals surface area contributed by atoms with Gasteiger partial charge in [-0.25, -0.2) is 0 Å². The predicted octanol–water partition coefficient (Wildman–Crippen LogP) is 5.47. The van der Waals surface area contributed by atoms with Crippen LogP contribution in [-0.2, 0) is 13.2 Å². The highest BCUT2D eigenvalue weighted by molar-refractivity contribution is 6.32. The number of methoxy groups -OCH3 is 1. The molecule has 0 aromatic heterocycles. The van der Waals surface area contributed by atoms with Crippen LogP contribution in [0.5, 0.6) is 11.5 Å². The zero-order valence-corrected chi connectivity index (χ0v) is 15.6. The molecule has 2 aromatic carbocycles. The minimum Gasteiger partial charge on any atom is -0.493 e. The monoisotopic (exact) mass is 367 g/mol. The van der Waals surface area contributed by atoms with E-state index in [0.29, 0.717) is 28.2 Å². The van der Waals surface area contributed by atoms with Gasteiger partial charge >= 0.3 is 0 Å². The van der Waals surface area contributed by atoms with Crippen LogP contribution >= 0.6 is 23.2 Å². The van der Waals surface area contributed by atoms with Crippen LogP contribution < -0.4 is 14.8 Å². The maximum atomic E-state index is 6.39. The minimum absolute atomic E-state index is 0.337. The molecule has 2 rings (SSSR count). The lowest BCUT2D eigenvalue weighted by atomic mass is 10.2. The molecule has 0 fully saturated rings. The Bertz CT molecular complexity index is 662. The van der Waals surface area contributed by atoms with Crippen LogP contribution in [0.3, 0.4) is 0 Å². The molecule has 130 valence electrons. The molecule has 0 radical (unpaired) electrons. The van der Waals surface area contributed by atoms with Crippen molar-refractivity contribution in [2.75, 3.05) is 13.7 Å². The van der Waals surface area contributed by atoms with Gasteiger partial charge in [-0.2, -0.15) is 0 Å². The van der Waals surface area contributed by atoms with Crippen LogP contribution in [0.4, 0.5) is 0 Å². The minimum atomic E-state index is 0.337. The lowest BCUT2D eigenvalue weighted by Crippen LogP contribution is -2.14. The molecule has 0 spiro atoms. The Hall–Kier alpha value is -1.42. The average molecular weight is 368 g/mol. The zero-order chi connectivity index (χ0) is 17.4. The molecule has 3 nitrogen and oxygen atoms in total. The van der Waals surface area contributed by atoms with Gasteiger partial charge in [0.15, 0.2) is 11.5 Å². The van der Waals surface area contributed by atoms with E-state index in [0.717, 1.165) is 30.6 Å². The largest absolute Gasteiger partial charge is 0.493 e. The van der Waals surface area contributed by atoms with E-state index in [1.54, 1.807) is 7.11 Å². The Morgan fingerprint density at radius 1 is 1.08 bits per heavy atom. The Balaban J connectivity index is 2.08. The summed E-state index contributed by atoms with van der Waals surface area (Å²) in [7, 11) is 1.61. The number of rotatable bonds is 9. The third-order valence-corrected chi connectivity index (χ3v) is 4.30. The molecule has 0 aliphatic rings. The number of ether oxygens (including phenoxy) is 2. The maximum Gasteiger partial charge on any atom is 0.180 e. The number of hydrogen-bond donors (Lipinski definition) is 1. The van der Waals surface area contributed by atoms with Gasteiger partial charge in [0.25, 0.3) is 0 Å². The molecule has 5 heteroatoms. The van der Waals surface area contributed by atoms with E-state index >= 15 is 0 Å². The molecule has 0 bridgehead atoms. The summed E-state index contributed by atoms with van der Waals surface area (Å²) >= 11 is 12.6. The number of benzene rings is 2. The third-order valence-electron chi connectivity index (χ3n) is 3.66. The third kappa shape index (κ3) is 5.30. The van der Waals surface area contributed by atoms with Gasteiger partial charge in [-0.1, -0.05) is 54.7 Å². The van der Waals surface area contributed by atoms with Gasteiger partial charge in [-0.15, -0.1) is 0 Å². The first-order chi connectivity index (χ1) is 11.7. The van der Waals surface area contributed by atoms with Crippen LogP contribution in [0.2, 0.25) is 10.0 Å². The van der Waals surface area contributed by atoms with Crippen molar-refractivity contribution in [2.45, 2.75) is 32.9 Å². The fourth-order valence-corrected chi connectivity index (χ4v) is 2.79. The molecule has 0 aliphatic heterocycles. The van der Waals surface area contributed by atoms with Gasteiger partial charge in [0.2, 0.25) is 0 Å². The van der Waals surface area contributed by atoms with Gasteiger partial charge in [0.05, 0.1) is 12.1 Å². The molecular formula is C19H23Cl2NO2. The fraction of sp³-hybridized carbons (Fsp3) is 0.368. The average Bonchev–Trinajstić information content (AvgIpc) is 2.58. The molecule has 0 unspecified atom stereocenters. The smallest absolute Gasteiger partial charge is 0.180 e. The molecule has 0 heterocycles. The molecule has 0 saturated heterocycles. The Morgan fingerprint density at radius 3 is 2.58 bits per heavy atom. The summed E-state index contributed by atoms with van der Waals surface area (Å²) in [6, 6.07) is 11.4. The number of unbranched alkanes of at least 4 members (excludes halogenated alkanes) is 1. The van der Waals surface area contributed by atoms with E-state index in [1.807, 2.05) is 36.4 Å². The van der Waals surface area contributed by atoms with Crippen molar-refractivity contribution in [1.29, 1.82) is 0 Å². The predicted molar refractivity (Wildman–Crippen MR) is 100 cm³/mol. The highest BCUT2D eigenvalue weighted by Crippen LogP contribution is 2.37. The quantitative estimate of drug-likeness (QED) is 0.596. The highest BCUT2D eigenvalue weighted by Gasteiger charge is 2.13. The zero-order valence-electron chi connectivity index (χ0n) is 14.1. The standard InChI is InChI=1S/C19H23Cl2NO2/c1-3-4-9-22-12-14-10-17(21)19(18(11-14)23-2)24-13-15-7-5-6-8-16(15)20/h5-8,10-11,22H,3-4,9,12-13H2,1-2H3. The summed E-state index contributed by atoms with van der Waals surface area (Å²) in [4.78, 5) is 0. The van der Waals surface area contributed by atoms with E-state index in [-0.39, 0.29) is 0 Å². The van der Waals surface area contributed by atoms with Crippen LogP contribution in [0, 0.1) is 0 Å². The SMILES string of the molecule is CCCCNCc1cc(Cl)c(OCc2ccccc2Cl)c(OC)c1. The second-order valence-corrected chi connectivity index (χ2v) is 6.33. The van der Waals surface area contributed by atoms with Gasteiger partial charge in [-0.3, -0.25) is 0 Å². The van der Waals surface area contributed by atoms with Crippen molar-refractivity contribution >= 4 is 23.2 Å². The van der Waals surface area contributed by atoms with Gasteiger partial charge in [0.1, 0.15) is 6.61 Å². The lowest BCUT2D eigenvalue weighted by molar-refractivity contribution is 0.284. The maximum absolute atomic E-state index is 6.39. The fourth-order valence-electron chi connectivity index (χ4n) is 2.32. The van der Waals surface area contributed by atoms with Crippen LogP contribution in [-0.4, -0.2) is 13.7 Å². The normalized spacial score (nSPS) is 10.7. The molecule has 1 N–H and O–H groups in total.